The molecule has 0 atom stereocenters. The molecule has 20 heavy (non-hydrogen) atoms. The fourth-order valence-electron chi connectivity index (χ4n) is 1.64. The van der Waals surface area contributed by atoms with Crippen LogP contribution >= 0.6 is 11.6 Å². The van der Waals surface area contributed by atoms with Crippen LogP contribution in [0.25, 0.3) is 0 Å². The van der Waals surface area contributed by atoms with Gasteiger partial charge in [0.05, 0.1) is 11.5 Å². The van der Waals surface area contributed by atoms with Gasteiger partial charge in [-0.2, -0.15) is 0 Å². The van der Waals surface area contributed by atoms with Crippen molar-refractivity contribution in [3.8, 4) is 5.75 Å². The molecule has 0 radical (unpaired) electrons. The molecule has 0 unspecified atom stereocenters. The number of rotatable bonds is 11. The number of hydrogen-bond acceptors (Lipinski definition) is 4. The van der Waals surface area contributed by atoms with Gasteiger partial charge in [-0.05, 0) is 25.0 Å². The van der Waals surface area contributed by atoms with Gasteiger partial charge in [0.2, 0.25) is 0 Å². The van der Waals surface area contributed by atoms with E-state index in [2.05, 4.69) is 0 Å². The largest absolute Gasteiger partial charge is 0.491 e. The lowest BCUT2D eigenvalue weighted by atomic mass is 10.2. The highest BCUT2D eigenvalue weighted by Gasteiger charge is 2.03. The van der Waals surface area contributed by atoms with Crippen molar-refractivity contribution in [2.45, 2.75) is 25.7 Å². The maximum Gasteiger partial charge on any atom is 0.269 e. The minimum atomic E-state index is -0.433. The number of hydrogen-bond donors (Lipinski definition) is 0. The molecule has 0 spiro atoms. The second-order valence-electron chi connectivity index (χ2n) is 4.32. The molecule has 0 aliphatic heterocycles. The molecule has 0 heterocycles. The summed E-state index contributed by atoms with van der Waals surface area (Å²) in [5.41, 5.74) is 0.0607. The lowest BCUT2D eigenvalue weighted by Crippen LogP contribution is -2.07. The smallest absolute Gasteiger partial charge is 0.269 e. The van der Waals surface area contributed by atoms with E-state index < -0.39 is 4.92 Å². The molecule has 6 heteroatoms. The van der Waals surface area contributed by atoms with E-state index in [0.717, 1.165) is 38.2 Å². The van der Waals surface area contributed by atoms with Crippen LogP contribution in [-0.4, -0.2) is 30.6 Å². The van der Waals surface area contributed by atoms with Gasteiger partial charge in [0.1, 0.15) is 12.4 Å². The number of nitrogens with zero attached hydrogens (tertiary/aromatic N) is 1. The Morgan fingerprint density at radius 2 is 1.70 bits per heavy atom. The Morgan fingerprint density at radius 1 is 1.00 bits per heavy atom. The summed E-state index contributed by atoms with van der Waals surface area (Å²) in [6.07, 6.45) is 4.38. The van der Waals surface area contributed by atoms with Crippen LogP contribution < -0.4 is 4.74 Å². The van der Waals surface area contributed by atoms with Gasteiger partial charge >= 0.3 is 0 Å². The maximum absolute atomic E-state index is 10.5. The monoisotopic (exact) mass is 301 g/mol. The van der Waals surface area contributed by atoms with E-state index in [4.69, 9.17) is 21.1 Å². The van der Waals surface area contributed by atoms with Gasteiger partial charge < -0.3 is 9.47 Å². The van der Waals surface area contributed by atoms with Crippen LogP contribution in [0.2, 0.25) is 0 Å². The first-order valence-corrected chi connectivity index (χ1v) is 7.28. The molecule has 1 aromatic rings. The third kappa shape index (κ3) is 7.31. The van der Waals surface area contributed by atoms with E-state index in [9.17, 15) is 10.1 Å². The molecule has 1 rings (SSSR count). The van der Waals surface area contributed by atoms with E-state index in [1.165, 1.54) is 12.1 Å². The van der Waals surface area contributed by atoms with Crippen molar-refractivity contribution < 1.29 is 14.4 Å². The molecular weight excluding hydrogens is 282 g/mol. The zero-order chi connectivity index (χ0) is 14.6. The maximum atomic E-state index is 10.5. The van der Waals surface area contributed by atoms with E-state index in [1.54, 1.807) is 12.1 Å². The Bertz CT molecular complexity index is 383. The van der Waals surface area contributed by atoms with E-state index in [1.807, 2.05) is 0 Å². The summed E-state index contributed by atoms with van der Waals surface area (Å²) >= 11 is 5.58. The summed E-state index contributed by atoms with van der Waals surface area (Å²) in [5.74, 6) is 1.34. The van der Waals surface area contributed by atoms with Gasteiger partial charge in [0, 0.05) is 24.6 Å². The van der Waals surface area contributed by atoms with Crippen LogP contribution in [0.15, 0.2) is 24.3 Å². The molecule has 0 fully saturated rings. The van der Waals surface area contributed by atoms with Gasteiger partial charge in [0.25, 0.3) is 5.69 Å². The third-order valence-corrected chi connectivity index (χ3v) is 2.98. The Labute approximate surface area is 124 Å². The minimum absolute atomic E-state index is 0.0607. The van der Waals surface area contributed by atoms with Gasteiger partial charge in [-0.15, -0.1) is 11.6 Å². The molecule has 0 bridgehead atoms. The van der Waals surface area contributed by atoms with Crippen LogP contribution in [0.4, 0.5) is 5.69 Å². The summed E-state index contributed by atoms with van der Waals surface area (Å²) < 4.78 is 10.9. The molecule has 0 amide bonds. The summed E-state index contributed by atoms with van der Waals surface area (Å²) in [6, 6.07) is 6.02. The first kappa shape index (κ1) is 16.7. The van der Waals surface area contributed by atoms with Gasteiger partial charge in [-0.25, -0.2) is 0 Å². The number of nitro benzene ring substituents is 1. The van der Waals surface area contributed by atoms with Crippen molar-refractivity contribution in [1.82, 2.24) is 0 Å². The number of benzene rings is 1. The van der Waals surface area contributed by atoms with Gasteiger partial charge in [-0.3, -0.25) is 10.1 Å². The van der Waals surface area contributed by atoms with Gasteiger partial charge in [-0.1, -0.05) is 12.8 Å². The van der Waals surface area contributed by atoms with Crippen molar-refractivity contribution in [1.29, 1.82) is 0 Å². The predicted octanol–water partition coefficient (Wildman–Crippen LogP) is 3.79. The fourth-order valence-corrected chi connectivity index (χ4v) is 1.83. The van der Waals surface area contributed by atoms with Crippen molar-refractivity contribution >= 4 is 17.3 Å². The molecular formula is C14H20ClNO4. The highest BCUT2D eigenvalue weighted by atomic mass is 35.5. The lowest BCUT2D eigenvalue weighted by Gasteiger charge is -2.07. The first-order chi connectivity index (χ1) is 9.74. The van der Waals surface area contributed by atoms with Crippen LogP contribution in [0.1, 0.15) is 25.7 Å². The summed E-state index contributed by atoms with van der Waals surface area (Å²) in [6.45, 7) is 1.69. The minimum Gasteiger partial charge on any atom is -0.491 e. The van der Waals surface area contributed by atoms with E-state index >= 15 is 0 Å². The Kier molecular flexibility index (Phi) is 8.74. The summed E-state index contributed by atoms with van der Waals surface area (Å²) in [4.78, 5) is 10.0. The number of ether oxygens (including phenoxy) is 2. The second-order valence-corrected chi connectivity index (χ2v) is 4.69. The summed E-state index contributed by atoms with van der Waals surface area (Å²) in [5, 5.41) is 10.5. The molecule has 0 saturated heterocycles. The van der Waals surface area contributed by atoms with Crippen LogP contribution in [0.5, 0.6) is 5.75 Å². The van der Waals surface area contributed by atoms with Crippen LogP contribution in [0.3, 0.4) is 0 Å². The fraction of sp³-hybridized carbons (Fsp3) is 0.571. The predicted molar refractivity (Wildman–Crippen MR) is 78.6 cm³/mol. The lowest BCUT2D eigenvalue weighted by molar-refractivity contribution is -0.384. The Morgan fingerprint density at radius 3 is 2.35 bits per heavy atom. The SMILES string of the molecule is O=[N+]([O-])c1ccc(OCCOCCCCCCCl)cc1. The molecule has 5 nitrogen and oxygen atoms in total. The number of halogens is 1. The van der Waals surface area contributed by atoms with Crippen LogP contribution in [0, 0.1) is 10.1 Å². The zero-order valence-corrected chi connectivity index (χ0v) is 12.2. The molecule has 0 aliphatic rings. The average molecular weight is 302 g/mol. The van der Waals surface area contributed by atoms with Gasteiger partial charge in [0.15, 0.2) is 0 Å². The Hall–Kier alpha value is -1.33. The van der Waals surface area contributed by atoms with Crippen molar-refractivity contribution in [2.24, 2.45) is 0 Å². The Balaban J connectivity index is 2.02. The zero-order valence-electron chi connectivity index (χ0n) is 11.4. The quantitative estimate of drug-likeness (QED) is 0.270. The standard InChI is InChI=1S/C14H20ClNO4/c15-9-3-1-2-4-10-19-11-12-20-14-7-5-13(6-8-14)16(17)18/h5-8H,1-4,9-12H2. The summed E-state index contributed by atoms with van der Waals surface area (Å²) in [7, 11) is 0. The highest BCUT2D eigenvalue weighted by Crippen LogP contribution is 2.17. The third-order valence-electron chi connectivity index (χ3n) is 2.72. The average Bonchev–Trinajstić information content (AvgIpc) is 2.46. The highest BCUT2D eigenvalue weighted by molar-refractivity contribution is 6.17. The van der Waals surface area contributed by atoms with Crippen LogP contribution in [-0.2, 0) is 4.74 Å². The second kappa shape index (κ2) is 10.5. The first-order valence-electron chi connectivity index (χ1n) is 6.75. The van der Waals surface area contributed by atoms with E-state index in [-0.39, 0.29) is 5.69 Å². The molecule has 0 saturated carbocycles. The normalized spacial score (nSPS) is 10.4. The van der Waals surface area contributed by atoms with Crippen molar-refractivity contribution in [2.75, 3.05) is 25.7 Å². The topological polar surface area (TPSA) is 61.6 Å². The molecule has 0 aliphatic carbocycles. The van der Waals surface area contributed by atoms with Crippen molar-refractivity contribution in [3.63, 3.8) is 0 Å². The number of unbranched alkanes of at least 4 members (excludes halogenated alkanes) is 3. The van der Waals surface area contributed by atoms with Crippen molar-refractivity contribution in [3.05, 3.63) is 34.4 Å². The number of non-ortho nitro benzene ring substituents is 1. The molecule has 1 aromatic carbocycles. The molecule has 0 N–H and O–H groups in total. The molecule has 112 valence electrons. The molecule has 0 aromatic heterocycles. The number of alkyl halides is 1. The number of nitro groups is 1. The van der Waals surface area contributed by atoms with E-state index in [0.29, 0.717) is 19.0 Å².